The summed E-state index contributed by atoms with van der Waals surface area (Å²) in [5, 5.41) is 2.76. The number of carbonyl (C=O) groups is 1. The van der Waals surface area contributed by atoms with Crippen LogP contribution in [-0.4, -0.2) is 35.2 Å². The zero-order valence-electron chi connectivity index (χ0n) is 19.7. The van der Waals surface area contributed by atoms with Crippen LogP contribution in [0.4, 0.5) is 23.2 Å². The zero-order chi connectivity index (χ0) is 26.6. The van der Waals surface area contributed by atoms with Crippen molar-refractivity contribution in [3.05, 3.63) is 76.9 Å². The number of pyridine rings is 2. The molecule has 11 heteroatoms. The molecular weight excluding hydrogens is 490 g/mol. The lowest BCUT2D eigenvalue weighted by molar-refractivity contribution is -0.137. The third-order valence-electron chi connectivity index (χ3n) is 5.83. The minimum Gasteiger partial charge on any atom is -0.481 e. The molecule has 1 aliphatic rings. The van der Waals surface area contributed by atoms with Gasteiger partial charge < -0.3 is 15.8 Å². The second-order valence-electron chi connectivity index (χ2n) is 8.37. The highest BCUT2D eigenvalue weighted by Crippen LogP contribution is 2.33. The van der Waals surface area contributed by atoms with E-state index < -0.39 is 29.0 Å². The van der Waals surface area contributed by atoms with Gasteiger partial charge in [0.2, 0.25) is 11.8 Å². The van der Waals surface area contributed by atoms with Gasteiger partial charge in [0.05, 0.1) is 23.9 Å². The predicted octanol–water partition coefficient (Wildman–Crippen LogP) is 5.09. The van der Waals surface area contributed by atoms with Crippen molar-refractivity contribution in [2.24, 2.45) is 10.7 Å². The summed E-state index contributed by atoms with van der Waals surface area (Å²) in [6, 6.07) is 6.97. The summed E-state index contributed by atoms with van der Waals surface area (Å²) < 4.78 is 58.2. The quantitative estimate of drug-likeness (QED) is 0.272. The molecule has 192 valence electrons. The van der Waals surface area contributed by atoms with Crippen molar-refractivity contribution in [1.82, 2.24) is 15.3 Å². The number of carbonyl (C=O) groups excluding carboxylic acids is 1. The summed E-state index contributed by atoms with van der Waals surface area (Å²) in [6.07, 6.45) is 1.89. The first kappa shape index (κ1) is 25.8. The number of halogens is 4. The Morgan fingerprint density at radius 1 is 1.24 bits per heavy atom. The largest absolute Gasteiger partial charge is 0.481 e. The molecule has 1 unspecified atom stereocenters. The number of aliphatic imine (C=N–C) groups is 1. The fraction of sp³-hybridized carbons (Fsp3) is 0.231. The number of ether oxygens (including phenoxy) is 1. The van der Waals surface area contributed by atoms with Gasteiger partial charge in [0.1, 0.15) is 11.3 Å². The molecule has 0 spiro atoms. The number of aromatic nitrogens is 2. The van der Waals surface area contributed by atoms with Gasteiger partial charge in [0.15, 0.2) is 0 Å². The molecule has 0 saturated heterocycles. The van der Waals surface area contributed by atoms with Crippen molar-refractivity contribution in [3.63, 3.8) is 0 Å². The second-order valence-corrected chi connectivity index (χ2v) is 8.37. The number of hydrogen-bond acceptors (Lipinski definition) is 6. The summed E-state index contributed by atoms with van der Waals surface area (Å²) in [5.41, 5.74) is 7.82. The molecule has 3 N–H and O–H groups in total. The van der Waals surface area contributed by atoms with Gasteiger partial charge in [-0.2, -0.15) is 13.2 Å². The van der Waals surface area contributed by atoms with Gasteiger partial charge in [0, 0.05) is 36.3 Å². The number of nitrogens with one attached hydrogen (secondary N) is 1. The van der Waals surface area contributed by atoms with Crippen molar-refractivity contribution in [1.29, 1.82) is 0 Å². The van der Waals surface area contributed by atoms with Crippen LogP contribution < -0.4 is 15.8 Å². The van der Waals surface area contributed by atoms with Crippen LogP contribution in [0.25, 0.3) is 17.1 Å². The minimum atomic E-state index is -4.68. The number of rotatable bonds is 6. The van der Waals surface area contributed by atoms with Crippen LogP contribution in [0.15, 0.2) is 64.9 Å². The molecule has 0 aliphatic heterocycles. The molecular formula is C26H23F4N5O2. The van der Waals surface area contributed by atoms with Gasteiger partial charge in [-0.1, -0.05) is 0 Å². The molecule has 1 amide bonds. The van der Waals surface area contributed by atoms with E-state index in [2.05, 4.69) is 20.3 Å². The summed E-state index contributed by atoms with van der Waals surface area (Å²) in [5.74, 6) is -1.01. The van der Waals surface area contributed by atoms with Crippen molar-refractivity contribution in [2.75, 3.05) is 7.11 Å². The smallest absolute Gasteiger partial charge is 0.416 e. The van der Waals surface area contributed by atoms with Crippen LogP contribution in [0.3, 0.4) is 0 Å². The molecule has 0 bridgehead atoms. The maximum absolute atomic E-state index is 13.5. The summed E-state index contributed by atoms with van der Waals surface area (Å²) >= 11 is 0. The molecule has 0 radical (unpaired) electrons. The van der Waals surface area contributed by atoms with Gasteiger partial charge in [-0.15, -0.1) is 0 Å². The van der Waals surface area contributed by atoms with Crippen LogP contribution in [0.1, 0.15) is 30.4 Å². The average Bonchev–Trinajstić information content (AvgIpc) is 2.86. The number of amides is 1. The maximum atomic E-state index is 13.5. The molecule has 7 nitrogen and oxygen atoms in total. The highest BCUT2D eigenvalue weighted by atomic mass is 19.4. The fourth-order valence-electron chi connectivity index (χ4n) is 3.95. The Morgan fingerprint density at radius 3 is 2.81 bits per heavy atom. The predicted molar refractivity (Wildman–Crippen MR) is 132 cm³/mol. The molecule has 0 fully saturated rings. The van der Waals surface area contributed by atoms with Gasteiger partial charge in [0.25, 0.3) is 0 Å². The number of nitrogens with zero attached hydrogens (tertiary/aromatic N) is 3. The topological polar surface area (TPSA) is 102 Å². The van der Waals surface area contributed by atoms with Crippen LogP contribution in [-0.2, 0) is 11.0 Å². The minimum absolute atomic E-state index is 0.312. The number of hydrogen-bond donors (Lipinski definition) is 2. The van der Waals surface area contributed by atoms with Crippen LogP contribution >= 0.6 is 0 Å². The average molecular weight is 513 g/mol. The Kier molecular flexibility index (Phi) is 7.51. The van der Waals surface area contributed by atoms with Crippen molar-refractivity contribution >= 4 is 34.9 Å². The lowest BCUT2D eigenvalue weighted by Crippen LogP contribution is -2.36. The number of methoxy groups -OCH3 is 1. The standard InChI is InChI=1S/C26H23F4N5O2/c1-37-24-9-7-21-25(35-24)22(10-11-32-21)33-14-16-13-18(4-6-20(16)31)34-23(36)8-2-15-12-17(27)3-5-19(15)26(28,29)30/h2-3,5,7-12,14,18H,4,6,13,31H2,1H3,(H,34,36)/b8-2+,33-14?. The number of benzene rings is 1. The van der Waals surface area contributed by atoms with Crippen molar-refractivity contribution in [3.8, 4) is 5.88 Å². The molecule has 2 heterocycles. The number of alkyl halides is 3. The monoisotopic (exact) mass is 513 g/mol. The third-order valence-corrected chi connectivity index (χ3v) is 5.83. The zero-order valence-corrected chi connectivity index (χ0v) is 19.7. The maximum Gasteiger partial charge on any atom is 0.416 e. The van der Waals surface area contributed by atoms with E-state index in [9.17, 15) is 22.4 Å². The van der Waals surface area contributed by atoms with Crippen LogP contribution in [0.5, 0.6) is 5.88 Å². The molecule has 1 aliphatic carbocycles. The highest BCUT2D eigenvalue weighted by Gasteiger charge is 2.32. The molecule has 2 aromatic heterocycles. The van der Waals surface area contributed by atoms with Crippen LogP contribution in [0.2, 0.25) is 0 Å². The van der Waals surface area contributed by atoms with Gasteiger partial charge in [-0.05, 0) is 66.8 Å². The van der Waals surface area contributed by atoms with Gasteiger partial charge >= 0.3 is 6.18 Å². The third kappa shape index (κ3) is 6.29. The van der Waals surface area contributed by atoms with E-state index >= 15 is 0 Å². The SMILES string of the molecule is COc1ccc2nccc(N=CC3=C(N)CCC(NC(=O)/C=C/c4cc(F)ccc4C(F)(F)F)C3)c2n1. The van der Waals surface area contributed by atoms with Crippen LogP contribution in [0, 0.1) is 5.82 Å². The summed E-state index contributed by atoms with van der Waals surface area (Å²) in [4.78, 5) is 25.6. The first-order valence-electron chi connectivity index (χ1n) is 11.3. The normalized spacial score (nSPS) is 16.6. The lowest BCUT2D eigenvalue weighted by Gasteiger charge is -2.24. The van der Waals surface area contributed by atoms with E-state index in [4.69, 9.17) is 10.5 Å². The molecule has 4 rings (SSSR count). The molecule has 1 aromatic carbocycles. The Hall–Kier alpha value is -4.28. The number of allylic oxidation sites excluding steroid dienone is 1. The molecule has 37 heavy (non-hydrogen) atoms. The van der Waals surface area contributed by atoms with E-state index in [1.807, 2.05) is 0 Å². The lowest BCUT2D eigenvalue weighted by atomic mass is 9.92. The van der Waals surface area contributed by atoms with E-state index in [0.717, 1.165) is 29.9 Å². The highest BCUT2D eigenvalue weighted by molar-refractivity contribution is 5.93. The van der Waals surface area contributed by atoms with Crippen molar-refractivity contribution in [2.45, 2.75) is 31.5 Å². The van der Waals surface area contributed by atoms with E-state index in [-0.39, 0.29) is 6.04 Å². The Morgan fingerprint density at radius 2 is 2.05 bits per heavy atom. The van der Waals surface area contributed by atoms with Crippen molar-refractivity contribution < 1.29 is 27.1 Å². The Balaban J connectivity index is 1.46. The molecule has 3 aromatic rings. The first-order valence-corrected chi connectivity index (χ1v) is 11.3. The first-order chi connectivity index (χ1) is 17.6. The Bertz CT molecular complexity index is 1420. The molecule has 1 atom stereocenters. The van der Waals surface area contributed by atoms with Gasteiger partial charge in [-0.25, -0.2) is 9.37 Å². The van der Waals surface area contributed by atoms with E-state index in [1.165, 1.54) is 7.11 Å². The summed E-state index contributed by atoms with van der Waals surface area (Å²) in [6.45, 7) is 0. The van der Waals surface area contributed by atoms with E-state index in [0.29, 0.717) is 53.6 Å². The van der Waals surface area contributed by atoms with Gasteiger partial charge in [-0.3, -0.25) is 14.8 Å². The summed E-state index contributed by atoms with van der Waals surface area (Å²) in [7, 11) is 1.51. The van der Waals surface area contributed by atoms with E-state index in [1.54, 1.807) is 30.6 Å². The number of fused-ring (bicyclic) bond motifs is 1. The second kappa shape index (κ2) is 10.8. The number of nitrogens with two attached hydrogens (primary N) is 1. The molecule has 0 saturated carbocycles. The Labute approximate surface area is 209 Å². The fourth-order valence-corrected chi connectivity index (χ4v) is 3.95.